The first-order valence-electron chi connectivity index (χ1n) is 18.9. The van der Waals surface area contributed by atoms with Gasteiger partial charge in [0.05, 0.1) is 32.0 Å². The van der Waals surface area contributed by atoms with E-state index in [0.717, 1.165) is 44.9 Å². The van der Waals surface area contributed by atoms with Gasteiger partial charge in [-0.25, -0.2) is 4.57 Å². The molecule has 11 nitrogen and oxygen atoms in total. The van der Waals surface area contributed by atoms with Crippen LogP contribution in [0.3, 0.4) is 0 Å². The third-order valence-electron chi connectivity index (χ3n) is 8.13. The zero-order valence-corrected chi connectivity index (χ0v) is 31.9. The van der Waals surface area contributed by atoms with Crippen molar-refractivity contribution in [3.63, 3.8) is 0 Å². The number of rotatable bonds is 33. The Morgan fingerprint density at radius 1 is 0.760 bits per heavy atom. The lowest BCUT2D eigenvalue weighted by molar-refractivity contribution is -0.161. The molecule has 3 unspecified atom stereocenters. The fraction of sp³-hybridized carbons (Fsp3) is 0.789. The van der Waals surface area contributed by atoms with Gasteiger partial charge in [0, 0.05) is 12.8 Å². The number of esters is 2. The minimum Gasteiger partial charge on any atom is -0.462 e. The minimum atomic E-state index is -4.62. The van der Waals surface area contributed by atoms with Crippen LogP contribution in [0.5, 0.6) is 0 Å². The molecule has 1 aliphatic rings. The second-order valence-corrected chi connectivity index (χ2v) is 14.9. The van der Waals surface area contributed by atoms with Gasteiger partial charge >= 0.3 is 19.8 Å². The quantitative estimate of drug-likeness (QED) is 0.0197. The summed E-state index contributed by atoms with van der Waals surface area (Å²) in [6, 6.07) is 0. The predicted molar refractivity (Wildman–Crippen MR) is 195 cm³/mol. The highest BCUT2D eigenvalue weighted by Crippen LogP contribution is 2.43. The molecule has 3 N–H and O–H groups in total. The molecular weight excluding hydrogens is 663 g/mol. The Bertz CT molecular complexity index is 1010. The van der Waals surface area contributed by atoms with Crippen molar-refractivity contribution in [2.45, 2.75) is 161 Å². The van der Waals surface area contributed by atoms with E-state index in [1.807, 2.05) is 6.08 Å². The van der Waals surface area contributed by atoms with Crippen LogP contribution in [0, 0.1) is 5.92 Å². The first-order chi connectivity index (χ1) is 24.1. The molecule has 0 saturated carbocycles. The molecule has 1 aliphatic heterocycles. The van der Waals surface area contributed by atoms with Crippen LogP contribution < -0.4 is 0 Å². The van der Waals surface area contributed by atoms with E-state index in [9.17, 15) is 24.2 Å². The van der Waals surface area contributed by atoms with Crippen molar-refractivity contribution in [2.75, 3.05) is 26.4 Å². The monoisotopic (exact) mass is 730 g/mol. The number of hydrogen-bond donors (Lipinski definition) is 3. The van der Waals surface area contributed by atoms with Gasteiger partial charge in [0.1, 0.15) is 12.7 Å². The third-order valence-corrected chi connectivity index (χ3v) is 9.08. The molecule has 1 saturated heterocycles. The van der Waals surface area contributed by atoms with Crippen LogP contribution in [0.1, 0.15) is 136 Å². The van der Waals surface area contributed by atoms with Crippen molar-refractivity contribution in [2.24, 2.45) is 5.92 Å². The Morgan fingerprint density at radius 3 is 2.06 bits per heavy atom. The standard InChI is InChI=1S/C38H67O11P/c1-4-5-6-7-14-19-24-35-36(49-35)25-20-15-9-8-10-16-21-26-37(41)45-30-34(31-47-50(43,44)46-29-33(40)28-39)48-38(42)27-22-17-12-11-13-18-23-32(2)3/h8,10,14-15,19-20,32-36,39-40H,4-7,9,11-13,16-18,21-31H2,1-3H3,(H,43,44)/b10-8-,19-14-,20-15-/t33-,34+,35?,36?/m0/s1. The van der Waals surface area contributed by atoms with Crippen LogP contribution in [0.15, 0.2) is 36.5 Å². The fourth-order valence-electron chi connectivity index (χ4n) is 5.03. The number of aliphatic hydroxyl groups is 2. The van der Waals surface area contributed by atoms with Crippen molar-refractivity contribution in [3.05, 3.63) is 36.5 Å². The number of phosphoric acid groups is 1. The molecule has 0 spiro atoms. The van der Waals surface area contributed by atoms with Gasteiger partial charge in [-0.05, 0) is 57.3 Å². The molecular formula is C38H67O11P. The summed E-state index contributed by atoms with van der Waals surface area (Å²) in [6.45, 7) is 4.46. The first-order valence-corrected chi connectivity index (χ1v) is 20.4. The van der Waals surface area contributed by atoms with Gasteiger partial charge in [0.15, 0.2) is 6.10 Å². The van der Waals surface area contributed by atoms with Gasteiger partial charge in [-0.15, -0.1) is 0 Å². The van der Waals surface area contributed by atoms with E-state index in [4.69, 9.17) is 23.8 Å². The summed E-state index contributed by atoms with van der Waals surface area (Å²) in [5, 5.41) is 18.2. The number of allylic oxidation sites excluding steroid dienone is 4. The number of carbonyl (C=O) groups excluding carboxylic acids is 2. The molecule has 5 atom stereocenters. The molecule has 290 valence electrons. The summed E-state index contributed by atoms with van der Waals surface area (Å²) in [5.41, 5.74) is 0. The van der Waals surface area contributed by atoms with Crippen molar-refractivity contribution in [1.29, 1.82) is 0 Å². The largest absolute Gasteiger partial charge is 0.472 e. The molecule has 0 bridgehead atoms. The maximum atomic E-state index is 12.5. The molecule has 0 aromatic carbocycles. The van der Waals surface area contributed by atoms with Crippen molar-refractivity contribution < 1.29 is 52.5 Å². The Balaban J connectivity index is 2.32. The van der Waals surface area contributed by atoms with Crippen LogP contribution in [0.25, 0.3) is 0 Å². The first kappa shape index (κ1) is 46.2. The molecule has 0 aromatic heterocycles. The maximum Gasteiger partial charge on any atom is 0.472 e. The zero-order valence-electron chi connectivity index (χ0n) is 31.0. The van der Waals surface area contributed by atoms with Gasteiger partial charge in [-0.3, -0.25) is 18.6 Å². The van der Waals surface area contributed by atoms with E-state index in [-0.39, 0.29) is 19.4 Å². The molecule has 1 heterocycles. The number of epoxide rings is 1. The maximum absolute atomic E-state index is 12.5. The third kappa shape index (κ3) is 27.8. The number of hydrogen-bond acceptors (Lipinski definition) is 10. The Kier molecular flexibility index (Phi) is 27.4. The van der Waals surface area contributed by atoms with Crippen molar-refractivity contribution >= 4 is 19.8 Å². The Morgan fingerprint density at radius 2 is 1.36 bits per heavy atom. The number of unbranched alkanes of at least 4 members (excludes halogenated alkanes) is 9. The van der Waals surface area contributed by atoms with E-state index < -0.39 is 51.8 Å². The SMILES string of the molecule is CCCCC/C=C\CC1OC1C/C=C\C/C=C\CCCC(=O)OC[C@H](COP(=O)(O)OC[C@@H](O)CO)OC(=O)CCCCCCCCC(C)C. The van der Waals surface area contributed by atoms with Gasteiger partial charge in [0.25, 0.3) is 0 Å². The van der Waals surface area contributed by atoms with E-state index in [0.29, 0.717) is 37.4 Å². The molecule has 0 aromatic rings. The average molecular weight is 731 g/mol. The number of aliphatic hydroxyl groups excluding tert-OH is 2. The van der Waals surface area contributed by atoms with E-state index >= 15 is 0 Å². The van der Waals surface area contributed by atoms with Crippen LogP contribution in [-0.2, 0) is 37.4 Å². The van der Waals surface area contributed by atoms with Crippen LogP contribution in [-0.4, -0.2) is 77.9 Å². The van der Waals surface area contributed by atoms with Crippen molar-refractivity contribution in [1.82, 2.24) is 0 Å². The minimum absolute atomic E-state index is 0.160. The highest BCUT2D eigenvalue weighted by atomic mass is 31.2. The van der Waals surface area contributed by atoms with Crippen LogP contribution >= 0.6 is 7.82 Å². The van der Waals surface area contributed by atoms with Gasteiger partial charge in [0.2, 0.25) is 0 Å². The van der Waals surface area contributed by atoms with Gasteiger partial charge < -0.3 is 29.3 Å². The van der Waals surface area contributed by atoms with Crippen molar-refractivity contribution in [3.8, 4) is 0 Å². The van der Waals surface area contributed by atoms with E-state index in [1.165, 1.54) is 38.5 Å². The molecule has 50 heavy (non-hydrogen) atoms. The van der Waals surface area contributed by atoms with Gasteiger partial charge in [-0.1, -0.05) is 109 Å². The van der Waals surface area contributed by atoms with E-state index in [1.54, 1.807) is 0 Å². The second kappa shape index (κ2) is 29.7. The lowest BCUT2D eigenvalue weighted by atomic mass is 10.0. The molecule has 1 fully saturated rings. The molecule has 0 amide bonds. The highest BCUT2D eigenvalue weighted by Gasteiger charge is 2.36. The molecule has 0 radical (unpaired) electrons. The lowest BCUT2D eigenvalue weighted by Crippen LogP contribution is -2.29. The predicted octanol–water partition coefficient (Wildman–Crippen LogP) is 8.06. The summed E-state index contributed by atoms with van der Waals surface area (Å²) >= 11 is 0. The summed E-state index contributed by atoms with van der Waals surface area (Å²) < 4.78 is 38.2. The number of ether oxygens (including phenoxy) is 3. The van der Waals surface area contributed by atoms with Gasteiger partial charge in [-0.2, -0.15) is 0 Å². The fourth-order valence-corrected chi connectivity index (χ4v) is 5.82. The zero-order chi connectivity index (χ0) is 36.9. The summed E-state index contributed by atoms with van der Waals surface area (Å²) in [7, 11) is -4.62. The average Bonchev–Trinajstić information content (AvgIpc) is 3.84. The normalized spacial score (nSPS) is 18.6. The summed E-state index contributed by atoms with van der Waals surface area (Å²) in [6.07, 6.45) is 27.6. The molecule has 12 heteroatoms. The second-order valence-electron chi connectivity index (χ2n) is 13.5. The Hall–Kier alpha value is -1.85. The van der Waals surface area contributed by atoms with Crippen LogP contribution in [0.4, 0.5) is 0 Å². The number of carbonyl (C=O) groups is 2. The highest BCUT2D eigenvalue weighted by molar-refractivity contribution is 7.47. The summed E-state index contributed by atoms with van der Waals surface area (Å²) in [4.78, 5) is 34.7. The number of phosphoric ester groups is 1. The lowest BCUT2D eigenvalue weighted by Gasteiger charge is -2.20. The smallest absolute Gasteiger partial charge is 0.462 e. The Labute approximate surface area is 301 Å². The topological polar surface area (TPSA) is 161 Å². The summed E-state index contributed by atoms with van der Waals surface area (Å²) in [5.74, 6) is -0.298. The molecule has 1 rings (SSSR count). The van der Waals surface area contributed by atoms with Crippen LogP contribution in [0.2, 0.25) is 0 Å². The van der Waals surface area contributed by atoms with E-state index in [2.05, 4.69) is 55.7 Å². The molecule has 0 aliphatic carbocycles.